The van der Waals surface area contributed by atoms with Gasteiger partial charge in [-0.05, 0) is 0 Å². The fourth-order valence-corrected chi connectivity index (χ4v) is 1.08. The minimum atomic E-state index is -0.211. The van der Waals surface area contributed by atoms with Crippen LogP contribution in [0, 0.1) is 0 Å². The first-order valence-corrected chi connectivity index (χ1v) is 5.25. The maximum absolute atomic E-state index is 10.9. The predicted octanol–water partition coefficient (Wildman–Crippen LogP) is 1.83. The average molecular weight is 231 g/mol. The molecule has 0 spiro atoms. The van der Waals surface area contributed by atoms with Gasteiger partial charge in [-0.2, -0.15) is 0 Å². The van der Waals surface area contributed by atoms with E-state index in [1.54, 1.807) is 0 Å². The van der Waals surface area contributed by atoms with Crippen LogP contribution in [0.25, 0.3) is 0 Å². The van der Waals surface area contributed by atoms with Gasteiger partial charge in [0.05, 0.1) is 6.54 Å². The molecule has 1 aromatic rings. The van der Waals surface area contributed by atoms with E-state index in [1.165, 1.54) is 0 Å². The lowest BCUT2D eigenvalue weighted by Gasteiger charge is -2.12. The summed E-state index contributed by atoms with van der Waals surface area (Å²) in [4.78, 5) is 10.9. The number of rotatable bonds is 3. The molecule has 0 atom stereocenters. The van der Waals surface area contributed by atoms with Crippen LogP contribution >= 0.6 is 11.6 Å². The summed E-state index contributed by atoms with van der Waals surface area (Å²) in [5.41, 5.74) is 0.639. The molecule has 0 aliphatic heterocycles. The molecule has 1 rings (SSSR count). The lowest BCUT2D eigenvalue weighted by Crippen LogP contribution is -2.23. The van der Waals surface area contributed by atoms with E-state index in [1.807, 2.05) is 26.8 Å². The fourth-order valence-electron chi connectivity index (χ4n) is 0.985. The first-order valence-electron chi connectivity index (χ1n) is 4.72. The van der Waals surface area contributed by atoms with Crippen molar-refractivity contribution in [1.29, 1.82) is 0 Å². The summed E-state index contributed by atoms with van der Waals surface area (Å²) in [5, 5.41) is 6.48. The number of nitrogens with one attached hydrogen (secondary N) is 1. The lowest BCUT2D eigenvalue weighted by molar-refractivity contribution is -0.118. The summed E-state index contributed by atoms with van der Waals surface area (Å²) in [7, 11) is 0. The zero-order valence-electron chi connectivity index (χ0n) is 9.13. The third-order valence-corrected chi connectivity index (χ3v) is 2.13. The standard InChI is InChI=1S/C10H15ClN2O2/c1-10(2,3)8-4-7(13-15-8)6-12-9(14)5-11/h4H,5-6H2,1-3H3,(H,12,14). The van der Waals surface area contributed by atoms with Crippen molar-refractivity contribution in [3.05, 3.63) is 17.5 Å². The SMILES string of the molecule is CC(C)(C)c1cc(CNC(=O)CCl)no1. The van der Waals surface area contributed by atoms with Gasteiger partial charge in [-0.3, -0.25) is 4.79 Å². The second-order valence-electron chi connectivity index (χ2n) is 4.34. The molecule has 1 heterocycles. The number of alkyl halides is 1. The minimum Gasteiger partial charge on any atom is -0.361 e. The zero-order valence-corrected chi connectivity index (χ0v) is 9.89. The topological polar surface area (TPSA) is 55.1 Å². The molecule has 5 heteroatoms. The van der Waals surface area contributed by atoms with Gasteiger partial charge in [-0.25, -0.2) is 0 Å². The van der Waals surface area contributed by atoms with Crippen molar-refractivity contribution in [1.82, 2.24) is 10.5 Å². The van der Waals surface area contributed by atoms with Gasteiger partial charge < -0.3 is 9.84 Å². The highest BCUT2D eigenvalue weighted by atomic mass is 35.5. The number of hydrogen-bond donors (Lipinski definition) is 1. The summed E-state index contributed by atoms with van der Waals surface area (Å²) in [6, 6.07) is 1.84. The Kier molecular flexibility index (Phi) is 3.74. The highest BCUT2D eigenvalue weighted by molar-refractivity contribution is 6.27. The summed E-state index contributed by atoms with van der Waals surface area (Å²) < 4.78 is 5.16. The molecule has 1 aromatic heterocycles. The number of halogens is 1. The Morgan fingerprint density at radius 3 is 2.73 bits per heavy atom. The molecule has 1 amide bonds. The molecule has 4 nitrogen and oxygen atoms in total. The zero-order chi connectivity index (χ0) is 11.5. The predicted molar refractivity (Wildman–Crippen MR) is 57.8 cm³/mol. The molecular weight excluding hydrogens is 216 g/mol. The Hall–Kier alpha value is -1.03. The van der Waals surface area contributed by atoms with Gasteiger partial charge in [0.15, 0.2) is 0 Å². The fraction of sp³-hybridized carbons (Fsp3) is 0.600. The van der Waals surface area contributed by atoms with E-state index in [4.69, 9.17) is 16.1 Å². The van der Waals surface area contributed by atoms with Gasteiger partial charge in [0.2, 0.25) is 5.91 Å². The summed E-state index contributed by atoms with van der Waals surface area (Å²) in [6.45, 7) is 6.46. The number of carbonyl (C=O) groups is 1. The summed E-state index contributed by atoms with van der Waals surface area (Å²) >= 11 is 5.34. The van der Waals surface area contributed by atoms with Gasteiger partial charge in [0.1, 0.15) is 17.3 Å². The van der Waals surface area contributed by atoms with Crippen LogP contribution in [-0.4, -0.2) is 16.9 Å². The van der Waals surface area contributed by atoms with Gasteiger partial charge in [-0.1, -0.05) is 25.9 Å². The lowest BCUT2D eigenvalue weighted by atomic mass is 9.93. The molecular formula is C10H15ClN2O2. The van der Waals surface area contributed by atoms with Gasteiger partial charge >= 0.3 is 0 Å². The van der Waals surface area contributed by atoms with Crippen molar-refractivity contribution in [3.8, 4) is 0 Å². The maximum Gasteiger partial charge on any atom is 0.235 e. The monoisotopic (exact) mass is 230 g/mol. The third kappa shape index (κ3) is 3.55. The third-order valence-electron chi connectivity index (χ3n) is 1.89. The molecule has 0 saturated heterocycles. The normalized spacial score (nSPS) is 11.5. The van der Waals surface area contributed by atoms with Crippen LogP contribution in [0.4, 0.5) is 0 Å². The van der Waals surface area contributed by atoms with Crippen LogP contribution < -0.4 is 5.32 Å². The summed E-state index contributed by atoms with van der Waals surface area (Å²) in [5.74, 6) is 0.555. The summed E-state index contributed by atoms with van der Waals surface area (Å²) in [6.07, 6.45) is 0. The number of amides is 1. The van der Waals surface area contributed by atoms with Crippen LogP contribution in [0.1, 0.15) is 32.2 Å². The molecule has 0 aromatic carbocycles. The van der Waals surface area contributed by atoms with Gasteiger partial charge in [0.25, 0.3) is 0 Å². The molecule has 0 bridgehead atoms. The average Bonchev–Trinajstić information content (AvgIpc) is 2.61. The van der Waals surface area contributed by atoms with Gasteiger partial charge in [-0.15, -0.1) is 11.6 Å². The molecule has 0 saturated carbocycles. The Balaban J connectivity index is 2.58. The second-order valence-corrected chi connectivity index (χ2v) is 4.61. The number of carbonyl (C=O) groups excluding carboxylic acids is 1. The molecule has 0 radical (unpaired) electrons. The van der Waals surface area contributed by atoms with E-state index in [-0.39, 0.29) is 17.2 Å². The van der Waals surface area contributed by atoms with Crippen LogP contribution in [-0.2, 0) is 16.8 Å². The Bertz CT molecular complexity index is 341. The van der Waals surface area contributed by atoms with Crippen molar-refractivity contribution in [2.45, 2.75) is 32.7 Å². The highest BCUT2D eigenvalue weighted by Gasteiger charge is 2.19. The van der Waals surface area contributed by atoms with Crippen molar-refractivity contribution in [3.63, 3.8) is 0 Å². The second kappa shape index (κ2) is 4.66. The highest BCUT2D eigenvalue weighted by Crippen LogP contribution is 2.22. The Morgan fingerprint density at radius 1 is 1.60 bits per heavy atom. The Labute approximate surface area is 94.0 Å². The molecule has 0 unspecified atom stereocenters. The van der Waals surface area contributed by atoms with Crippen molar-refractivity contribution in [2.75, 3.05) is 5.88 Å². The molecule has 0 aliphatic rings. The smallest absolute Gasteiger partial charge is 0.235 e. The van der Waals surface area contributed by atoms with Crippen molar-refractivity contribution < 1.29 is 9.32 Å². The van der Waals surface area contributed by atoms with E-state index in [0.717, 1.165) is 5.76 Å². The van der Waals surface area contributed by atoms with E-state index in [2.05, 4.69) is 10.5 Å². The maximum atomic E-state index is 10.9. The van der Waals surface area contributed by atoms with Crippen LogP contribution in [0.5, 0.6) is 0 Å². The van der Waals surface area contributed by atoms with E-state index in [9.17, 15) is 4.79 Å². The molecule has 84 valence electrons. The molecule has 0 aliphatic carbocycles. The van der Waals surface area contributed by atoms with Crippen LogP contribution in [0.2, 0.25) is 0 Å². The largest absolute Gasteiger partial charge is 0.361 e. The first kappa shape index (κ1) is 12.0. The van der Waals surface area contributed by atoms with Crippen molar-refractivity contribution >= 4 is 17.5 Å². The van der Waals surface area contributed by atoms with Gasteiger partial charge in [0, 0.05) is 11.5 Å². The van der Waals surface area contributed by atoms with E-state index in [0.29, 0.717) is 12.2 Å². The number of nitrogens with zero attached hydrogens (tertiary/aromatic N) is 1. The van der Waals surface area contributed by atoms with Crippen LogP contribution in [0.15, 0.2) is 10.6 Å². The molecule has 15 heavy (non-hydrogen) atoms. The van der Waals surface area contributed by atoms with E-state index >= 15 is 0 Å². The van der Waals surface area contributed by atoms with Crippen molar-refractivity contribution in [2.24, 2.45) is 0 Å². The minimum absolute atomic E-state index is 0.0377. The first-order chi connectivity index (χ1) is 6.93. The molecule has 0 fully saturated rings. The number of aromatic nitrogens is 1. The Morgan fingerprint density at radius 2 is 2.27 bits per heavy atom. The molecule has 1 N–H and O–H groups in total. The van der Waals surface area contributed by atoms with E-state index < -0.39 is 0 Å². The number of hydrogen-bond acceptors (Lipinski definition) is 3. The van der Waals surface area contributed by atoms with Crippen LogP contribution in [0.3, 0.4) is 0 Å². The quantitative estimate of drug-likeness (QED) is 0.806.